The molecule has 9 heteroatoms. The molecule has 9 nitrogen and oxygen atoms in total. The van der Waals surface area contributed by atoms with Gasteiger partial charge >= 0.3 is 12.1 Å². The summed E-state index contributed by atoms with van der Waals surface area (Å²) < 4.78 is 15.5. The summed E-state index contributed by atoms with van der Waals surface area (Å²) in [6.07, 6.45) is 1.46. The molecule has 1 aromatic heterocycles. The van der Waals surface area contributed by atoms with Gasteiger partial charge < -0.3 is 29.8 Å². The van der Waals surface area contributed by atoms with E-state index in [0.717, 1.165) is 22.0 Å². The summed E-state index contributed by atoms with van der Waals surface area (Å²) in [5.74, 6) is -0.449. The number of methoxy groups -OCH3 is 2. The van der Waals surface area contributed by atoms with Crippen molar-refractivity contribution in [2.45, 2.75) is 51.3 Å². The molecule has 0 aliphatic rings. The lowest BCUT2D eigenvalue weighted by atomic mass is 10.0. The van der Waals surface area contributed by atoms with Crippen LogP contribution in [0.3, 0.4) is 0 Å². The van der Waals surface area contributed by atoms with Gasteiger partial charge in [0.15, 0.2) is 0 Å². The van der Waals surface area contributed by atoms with Crippen molar-refractivity contribution in [1.29, 1.82) is 0 Å². The van der Waals surface area contributed by atoms with E-state index < -0.39 is 35.7 Å². The molecule has 0 fully saturated rings. The molecular formula is C27H33N3O6. The van der Waals surface area contributed by atoms with Gasteiger partial charge in [0.2, 0.25) is 5.91 Å². The van der Waals surface area contributed by atoms with Gasteiger partial charge in [-0.15, -0.1) is 0 Å². The van der Waals surface area contributed by atoms with Crippen LogP contribution in [0.5, 0.6) is 5.75 Å². The van der Waals surface area contributed by atoms with Gasteiger partial charge in [-0.3, -0.25) is 4.79 Å². The van der Waals surface area contributed by atoms with Gasteiger partial charge in [0.05, 0.1) is 14.2 Å². The van der Waals surface area contributed by atoms with E-state index in [1.165, 1.54) is 7.11 Å². The number of alkyl carbamates (subject to hydrolysis) is 1. The van der Waals surface area contributed by atoms with Crippen LogP contribution in [0.2, 0.25) is 0 Å². The van der Waals surface area contributed by atoms with E-state index in [9.17, 15) is 14.4 Å². The second kappa shape index (κ2) is 11.6. The monoisotopic (exact) mass is 495 g/mol. The van der Waals surface area contributed by atoms with E-state index in [1.54, 1.807) is 46.2 Å². The van der Waals surface area contributed by atoms with Gasteiger partial charge in [0.25, 0.3) is 0 Å². The molecule has 192 valence electrons. The zero-order valence-electron chi connectivity index (χ0n) is 21.2. The lowest BCUT2D eigenvalue weighted by Crippen LogP contribution is -2.53. The second-order valence-corrected chi connectivity index (χ2v) is 9.40. The SMILES string of the molecule is COC(=O)[C@H](Cc1ccc(OC)cc1)NC(=O)[C@H](Cc1c[nH]c2ccccc12)NC(=O)OC(C)(C)C. The minimum absolute atomic E-state index is 0.186. The lowest BCUT2D eigenvalue weighted by molar-refractivity contribution is -0.145. The summed E-state index contributed by atoms with van der Waals surface area (Å²) in [5, 5.41) is 6.34. The number of fused-ring (bicyclic) bond motifs is 1. The van der Waals surface area contributed by atoms with Crippen molar-refractivity contribution in [3.63, 3.8) is 0 Å². The van der Waals surface area contributed by atoms with Crippen molar-refractivity contribution >= 4 is 28.9 Å². The number of para-hydroxylation sites is 1. The summed E-state index contributed by atoms with van der Waals surface area (Å²) in [7, 11) is 2.83. The zero-order valence-corrected chi connectivity index (χ0v) is 21.2. The summed E-state index contributed by atoms with van der Waals surface area (Å²) >= 11 is 0. The van der Waals surface area contributed by atoms with E-state index in [2.05, 4.69) is 15.6 Å². The maximum atomic E-state index is 13.4. The summed E-state index contributed by atoms with van der Waals surface area (Å²) in [4.78, 5) is 41.7. The summed E-state index contributed by atoms with van der Waals surface area (Å²) in [6, 6.07) is 12.9. The highest BCUT2D eigenvalue weighted by atomic mass is 16.6. The topological polar surface area (TPSA) is 119 Å². The molecule has 0 unspecified atom stereocenters. The van der Waals surface area contributed by atoms with Crippen LogP contribution in [0.4, 0.5) is 4.79 Å². The number of esters is 1. The Bertz CT molecular complexity index is 1200. The normalized spacial score (nSPS) is 12.9. The Hall–Kier alpha value is -4.01. The molecule has 2 atom stereocenters. The van der Waals surface area contributed by atoms with Crippen LogP contribution in [0.25, 0.3) is 10.9 Å². The molecule has 0 spiro atoms. The number of aromatic amines is 1. The van der Waals surface area contributed by atoms with Crippen molar-refractivity contribution in [2.24, 2.45) is 0 Å². The van der Waals surface area contributed by atoms with Gasteiger partial charge in [-0.1, -0.05) is 30.3 Å². The van der Waals surface area contributed by atoms with Gasteiger partial charge in [0, 0.05) is 29.9 Å². The van der Waals surface area contributed by atoms with Crippen molar-refractivity contribution in [3.8, 4) is 5.75 Å². The second-order valence-electron chi connectivity index (χ2n) is 9.40. The fraction of sp³-hybridized carbons (Fsp3) is 0.370. The number of hydrogen-bond acceptors (Lipinski definition) is 6. The minimum Gasteiger partial charge on any atom is -0.497 e. The molecule has 1 heterocycles. The molecular weight excluding hydrogens is 462 g/mol. The maximum Gasteiger partial charge on any atom is 0.408 e. The third-order valence-electron chi connectivity index (χ3n) is 5.51. The number of carbonyl (C=O) groups excluding carboxylic acids is 3. The first-order valence-corrected chi connectivity index (χ1v) is 11.6. The van der Waals surface area contributed by atoms with Gasteiger partial charge in [-0.25, -0.2) is 9.59 Å². The fourth-order valence-corrected chi connectivity index (χ4v) is 3.78. The first-order chi connectivity index (χ1) is 17.1. The van der Waals surface area contributed by atoms with E-state index >= 15 is 0 Å². The fourth-order valence-electron chi connectivity index (χ4n) is 3.78. The van der Waals surface area contributed by atoms with E-state index in [-0.39, 0.29) is 12.8 Å². The predicted octanol–water partition coefficient (Wildman–Crippen LogP) is 3.51. The molecule has 3 aromatic rings. The number of hydrogen-bond donors (Lipinski definition) is 3. The molecule has 0 aliphatic carbocycles. The lowest BCUT2D eigenvalue weighted by Gasteiger charge is -2.25. The quantitative estimate of drug-likeness (QED) is 0.391. The Morgan fingerprint density at radius 2 is 1.61 bits per heavy atom. The highest BCUT2D eigenvalue weighted by Gasteiger charge is 2.30. The molecule has 0 saturated heterocycles. The van der Waals surface area contributed by atoms with Crippen LogP contribution in [-0.4, -0.2) is 54.9 Å². The van der Waals surface area contributed by atoms with Gasteiger partial charge in [-0.2, -0.15) is 0 Å². The number of H-pyrrole nitrogens is 1. The van der Waals surface area contributed by atoms with Crippen LogP contribution < -0.4 is 15.4 Å². The predicted molar refractivity (Wildman–Crippen MR) is 136 cm³/mol. The summed E-state index contributed by atoms with van der Waals surface area (Å²) in [6.45, 7) is 5.22. The molecule has 2 aromatic carbocycles. The molecule has 0 aliphatic heterocycles. The average Bonchev–Trinajstić information content (AvgIpc) is 3.24. The number of benzene rings is 2. The van der Waals surface area contributed by atoms with Gasteiger partial charge in [0.1, 0.15) is 23.4 Å². The number of ether oxygens (including phenoxy) is 3. The van der Waals surface area contributed by atoms with Crippen molar-refractivity contribution < 1.29 is 28.6 Å². The molecule has 0 bridgehead atoms. The molecule has 2 amide bonds. The van der Waals surface area contributed by atoms with Crippen molar-refractivity contribution in [1.82, 2.24) is 15.6 Å². The Morgan fingerprint density at radius 3 is 2.25 bits per heavy atom. The third kappa shape index (κ3) is 7.24. The Balaban J connectivity index is 1.82. The van der Waals surface area contributed by atoms with Crippen molar-refractivity contribution in [3.05, 3.63) is 65.9 Å². The molecule has 3 rings (SSSR count). The molecule has 3 N–H and O–H groups in total. The van der Waals surface area contributed by atoms with E-state index in [0.29, 0.717) is 5.75 Å². The highest BCUT2D eigenvalue weighted by molar-refractivity contribution is 5.91. The van der Waals surface area contributed by atoms with Crippen molar-refractivity contribution in [2.75, 3.05) is 14.2 Å². The van der Waals surface area contributed by atoms with Crippen LogP contribution in [-0.2, 0) is 31.9 Å². The van der Waals surface area contributed by atoms with Crippen LogP contribution >= 0.6 is 0 Å². The number of rotatable bonds is 9. The number of nitrogens with one attached hydrogen (secondary N) is 3. The third-order valence-corrected chi connectivity index (χ3v) is 5.51. The van der Waals surface area contributed by atoms with E-state index in [1.807, 2.05) is 36.4 Å². The highest BCUT2D eigenvalue weighted by Crippen LogP contribution is 2.20. The first-order valence-electron chi connectivity index (χ1n) is 11.6. The van der Waals surface area contributed by atoms with E-state index in [4.69, 9.17) is 14.2 Å². The number of carbonyl (C=O) groups is 3. The summed E-state index contributed by atoms with van der Waals surface area (Å²) in [5.41, 5.74) is 1.82. The molecule has 0 saturated carbocycles. The Morgan fingerprint density at radius 1 is 0.917 bits per heavy atom. The smallest absolute Gasteiger partial charge is 0.408 e. The van der Waals surface area contributed by atoms with Crippen LogP contribution in [0, 0.1) is 0 Å². The number of aromatic nitrogens is 1. The minimum atomic E-state index is -0.998. The largest absolute Gasteiger partial charge is 0.497 e. The maximum absolute atomic E-state index is 13.4. The molecule has 36 heavy (non-hydrogen) atoms. The van der Waals surface area contributed by atoms with Crippen LogP contribution in [0.15, 0.2) is 54.7 Å². The van der Waals surface area contributed by atoms with Crippen LogP contribution in [0.1, 0.15) is 31.9 Å². The first kappa shape index (κ1) is 26.6. The number of amides is 2. The molecule has 0 radical (unpaired) electrons. The zero-order chi connectivity index (χ0) is 26.3. The Labute approximate surface area is 210 Å². The Kier molecular flexibility index (Phi) is 8.58. The standard InChI is InChI=1S/C27H33N3O6/c1-27(2,3)36-26(33)30-22(15-18-16-28-21-9-7-6-8-20(18)21)24(31)29-23(25(32)35-5)14-17-10-12-19(34-4)13-11-17/h6-13,16,22-23,28H,14-15H2,1-5H3,(H,29,31)(H,30,33)/t22-,23-/m0/s1. The average molecular weight is 496 g/mol. The van der Waals surface area contributed by atoms with Gasteiger partial charge in [-0.05, 0) is 50.1 Å².